The number of hydrogen-bond acceptors (Lipinski definition) is 3. The molecule has 3 heteroatoms. The highest BCUT2D eigenvalue weighted by Gasteiger charge is 2.24. The summed E-state index contributed by atoms with van der Waals surface area (Å²) in [5, 5.41) is 4.52. The minimum Gasteiger partial charge on any atom is -0.456 e. The summed E-state index contributed by atoms with van der Waals surface area (Å²) in [4.78, 5) is 2.29. The van der Waals surface area contributed by atoms with Crippen molar-refractivity contribution < 1.29 is 9.15 Å². The summed E-state index contributed by atoms with van der Waals surface area (Å²) < 4.78 is 13.1. The Bertz CT molecular complexity index is 2680. The lowest BCUT2D eigenvalue weighted by Crippen LogP contribution is -2.10. The van der Waals surface area contributed by atoms with E-state index in [1.807, 2.05) is 6.07 Å². The van der Waals surface area contributed by atoms with E-state index in [0.717, 1.165) is 61.4 Å². The average Bonchev–Trinajstić information content (AvgIpc) is 3.54. The highest BCUT2D eigenvalue weighted by molar-refractivity contribution is 6.10. The van der Waals surface area contributed by atoms with Gasteiger partial charge in [-0.05, 0) is 93.9 Å². The molecule has 0 amide bonds. The Balaban J connectivity index is 1.11. The molecule has 8 aromatic carbocycles. The smallest absolute Gasteiger partial charge is 0.137 e. The molecule has 0 spiro atoms. The molecule has 0 bridgehead atoms. The van der Waals surface area contributed by atoms with Crippen molar-refractivity contribution in [1.29, 1.82) is 0 Å². The molecule has 10 rings (SSSR count). The predicted molar refractivity (Wildman–Crippen MR) is 202 cm³/mol. The zero-order valence-electron chi connectivity index (χ0n) is 26.5. The van der Waals surface area contributed by atoms with E-state index in [0.29, 0.717) is 0 Å². The first-order chi connectivity index (χ1) is 24.3. The number of rotatable bonds is 5. The third kappa shape index (κ3) is 4.51. The molecule has 1 aliphatic heterocycles. The molecule has 230 valence electrons. The van der Waals surface area contributed by atoms with Crippen LogP contribution in [0.5, 0.6) is 11.5 Å². The number of fused-ring (bicyclic) bond motifs is 5. The van der Waals surface area contributed by atoms with Crippen LogP contribution < -0.4 is 9.64 Å². The fraction of sp³-hybridized carbons (Fsp3) is 0. The van der Waals surface area contributed by atoms with Gasteiger partial charge in [-0.25, -0.2) is 0 Å². The maximum atomic E-state index is 6.73. The summed E-state index contributed by atoms with van der Waals surface area (Å²) in [6, 6.07) is 61.9. The molecule has 1 aromatic heterocycles. The second-order valence-electron chi connectivity index (χ2n) is 12.5. The Morgan fingerprint density at radius 2 is 1.00 bits per heavy atom. The van der Waals surface area contributed by atoms with Crippen molar-refractivity contribution in [2.24, 2.45) is 0 Å². The largest absolute Gasteiger partial charge is 0.456 e. The maximum Gasteiger partial charge on any atom is 0.137 e. The van der Waals surface area contributed by atoms with Crippen LogP contribution in [0.15, 0.2) is 180 Å². The lowest BCUT2D eigenvalue weighted by molar-refractivity contribution is 0.487. The number of nitrogens with zero attached hydrogens (tertiary/aromatic N) is 1. The van der Waals surface area contributed by atoms with E-state index in [9.17, 15) is 0 Å². The van der Waals surface area contributed by atoms with Gasteiger partial charge in [0.05, 0.1) is 0 Å². The van der Waals surface area contributed by atoms with Crippen LogP contribution in [-0.4, -0.2) is 0 Å². The molecular formula is C46H29NO2. The summed E-state index contributed by atoms with van der Waals surface area (Å²) >= 11 is 0. The molecule has 0 fully saturated rings. The summed E-state index contributed by atoms with van der Waals surface area (Å²) in [7, 11) is 0. The van der Waals surface area contributed by atoms with Gasteiger partial charge in [-0.3, -0.25) is 0 Å². The molecule has 0 atom stereocenters. The number of ether oxygens (including phenoxy) is 1. The Kier molecular flexibility index (Phi) is 6.18. The molecule has 1 aliphatic rings. The van der Waals surface area contributed by atoms with Gasteiger partial charge in [-0.1, -0.05) is 109 Å². The topological polar surface area (TPSA) is 25.6 Å². The second kappa shape index (κ2) is 11.0. The van der Waals surface area contributed by atoms with Crippen LogP contribution in [0, 0.1) is 0 Å². The van der Waals surface area contributed by atoms with E-state index < -0.39 is 0 Å². The second-order valence-corrected chi connectivity index (χ2v) is 12.5. The van der Waals surface area contributed by atoms with Crippen molar-refractivity contribution >= 4 is 49.8 Å². The van der Waals surface area contributed by atoms with Gasteiger partial charge in [0.2, 0.25) is 0 Å². The van der Waals surface area contributed by atoms with Crippen LogP contribution in [0.2, 0.25) is 0 Å². The van der Waals surface area contributed by atoms with Crippen LogP contribution >= 0.6 is 0 Å². The van der Waals surface area contributed by atoms with Gasteiger partial charge in [0.15, 0.2) is 0 Å². The van der Waals surface area contributed by atoms with Crippen molar-refractivity contribution in [3.8, 4) is 44.9 Å². The molecule has 0 saturated heterocycles. The molecule has 0 aliphatic carbocycles. The van der Waals surface area contributed by atoms with Gasteiger partial charge in [-0.2, -0.15) is 0 Å². The zero-order valence-corrected chi connectivity index (χ0v) is 26.5. The van der Waals surface area contributed by atoms with E-state index in [2.05, 4.69) is 175 Å². The minimum atomic E-state index is 0.841. The molecule has 3 nitrogen and oxygen atoms in total. The summed E-state index contributed by atoms with van der Waals surface area (Å²) in [6.07, 6.45) is 0. The Labute approximate surface area is 283 Å². The van der Waals surface area contributed by atoms with Crippen molar-refractivity contribution in [3.63, 3.8) is 0 Å². The third-order valence-corrected chi connectivity index (χ3v) is 9.65. The van der Waals surface area contributed by atoms with Gasteiger partial charge >= 0.3 is 0 Å². The van der Waals surface area contributed by atoms with Crippen LogP contribution in [0.25, 0.3) is 66.1 Å². The Hall–Kier alpha value is -6.58. The zero-order chi connectivity index (χ0) is 32.3. The van der Waals surface area contributed by atoms with Gasteiger partial charge in [-0.15, -0.1) is 0 Å². The normalized spacial score (nSPS) is 11.8. The first-order valence-corrected chi connectivity index (χ1v) is 16.6. The van der Waals surface area contributed by atoms with E-state index in [1.54, 1.807) is 0 Å². The lowest BCUT2D eigenvalue weighted by Gasteiger charge is -2.28. The molecule has 0 saturated carbocycles. The molecule has 9 aromatic rings. The van der Waals surface area contributed by atoms with Crippen molar-refractivity contribution in [1.82, 2.24) is 0 Å². The minimum absolute atomic E-state index is 0.841. The van der Waals surface area contributed by atoms with Crippen LogP contribution in [-0.2, 0) is 0 Å². The van der Waals surface area contributed by atoms with Gasteiger partial charge in [0.25, 0.3) is 0 Å². The maximum absolute atomic E-state index is 6.73. The average molecular weight is 628 g/mol. The van der Waals surface area contributed by atoms with Gasteiger partial charge < -0.3 is 14.1 Å². The standard InChI is InChI=1S/C46H29NO2/c1-4-11-30(12-5-1)32-19-24-42-40(27-32)41-28-34(21-25-43(41)48-42)47(33-15-8-3-9-16-33)35-20-22-37-39-18-10-17-38-36(31-13-6-2-7-14-31)23-26-44(46(38)39)49-45(37)29-35/h1-29H. The number of furan rings is 1. The number of anilines is 3. The third-order valence-electron chi connectivity index (χ3n) is 9.65. The fourth-order valence-electron chi connectivity index (χ4n) is 7.37. The van der Waals surface area contributed by atoms with Gasteiger partial charge in [0.1, 0.15) is 22.7 Å². The molecule has 2 heterocycles. The quantitative estimate of drug-likeness (QED) is 0.190. The molecule has 0 radical (unpaired) electrons. The van der Waals surface area contributed by atoms with Gasteiger partial charge in [0, 0.05) is 44.9 Å². The van der Waals surface area contributed by atoms with Crippen LogP contribution in [0.4, 0.5) is 17.1 Å². The van der Waals surface area contributed by atoms with E-state index >= 15 is 0 Å². The number of benzene rings is 8. The first kappa shape index (κ1) is 27.5. The number of para-hydroxylation sites is 1. The Morgan fingerprint density at radius 1 is 0.347 bits per heavy atom. The van der Waals surface area contributed by atoms with E-state index in [4.69, 9.17) is 9.15 Å². The van der Waals surface area contributed by atoms with Crippen LogP contribution in [0.1, 0.15) is 0 Å². The Morgan fingerprint density at radius 3 is 1.80 bits per heavy atom. The fourth-order valence-corrected chi connectivity index (χ4v) is 7.37. The van der Waals surface area contributed by atoms with E-state index in [-0.39, 0.29) is 0 Å². The van der Waals surface area contributed by atoms with E-state index in [1.165, 1.54) is 33.2 Å². The van der Waals surface area contributed by atoms with Crippen molar-refractivity contribution in [3.05, 3.63) is 176 Å². The van der Waals surface area contributed by atoms with Crippen molar-refractivity contribution in [2.75, 3.05) is 4.90 Å². The summed E-state index contributed by atoms with van der Waals surface area (Å²) in [5.41, 5.74) is 11.9. The van der Waals surface area contributed by atoms with Crippen LogP contribution in [0.3, 0.4) is 0 Å². The lowest BCUT2D eigenvalue weighted by atomic mass is 9.90. The molecule has 49 heavy (non-hydrogen) atoms. The number of hydrogen-bond donors (Lipinski definition) is 0. The first-order valence-electron chi connectivity index (χ1n) is 16.6. The predicted octanol–water partition coefficient (Wildman–Crippen LogP) is 13.3. The van der Waals surface area contributed by atoms with Crippen molar-refractivity contribution in [2.45, 2.75) is 0 Å². The summed E-state index contributed by atoms with van der Waals surface area (Å²) in [6.45, 7) is 0. The molecular weight excluding hydrogens is 599 g/mol. The highest BCUT2D eigenvalue weighted by atomic mass is 16.5. The highest BCUT2D eigenvalue weighted by Crippen LogP contribution is 2.50. The molecule has 0 unspecified atom stereocenters. The summed E-state index contributed by atoms with van der Waals surface area (Å²) in [5.74, 6) is 1.72. The SMILES string of the molecule is c1ccc(-c2ccc3oc4ccc(N(c5ccccc5)c5ccc6c(c5)Oc5ccc(-c7ccccc7)c7cccc-6c57)cc4c3c2)cc1. The molecule has 0 N–H and O–H groups in total. The monoisotopic (exact) mass is 627 g/mol.